The molecule has 0 aromatic rings. The molecule has 0 aliphatic heterocycles. The van der Waals surface area contributed by atoms with Gasteiger partial charge in [-0.1, -0.05) is 0 Å². The fourth-order valence-electron chi connectivity index (χ4n) is 0.385. The van der Waals surface area contributed by atoms with Crippen molar-refractivity contribution in [3.8, 4) is 0 Å². The van der Waals surface area contributed by atoms with Crippen molar-refractivity contribution in [1.29, 1.82) is 0 Å². The van der Waals surface area contributed by atoms with E-state index in [0.29, 0.717) is 0 Å². The standard InChI is InChI=1S/C4H7BO6.H3N.Sr.2H/c5-11-4(10)2(7)1(6)3(8)9;;;;/h1-2,6-7H,5H2,(H,8,9);1H3;;;. The fraction of sp³-hybridized carbons (Fsp3) is 0.500. The van der Waals surface area contributed by atoms with E-state index in [1.54, 1.807) is 0 Å². The molecule has 0 aromatic carbocycles. The molecule has 0 aliphatic carbocycles. The summed E-state index contributed by atoms with van der Waals surface area (Å²) in [5.41, 5.74) is 0. The van der Waals surface area contributed by atoms with Gasteiger partial charge >= 0.3 is 65.5 Å². The van der Waals surface area contributed by atoms with Gasteiger partial charge < -0.3 is 26.1 Å². The third kappa shape index (κ3) is 6.44. The van der Waals surface area contributed by atoms with Crippen molar-refractivity contribution in [2.75, 3.05) is 0 Å². The van der Waals surface area contributed by atoms with Crippen molar-refractivity contribution < 1.29 is 29.6 Å². The first kappa shape index (κ1) is 19.0. The zero-order valence-corrected chi connectivity index (χ0v) is 6.43. The van der Waals surface area contributed by atoms with E-state index in [9.17, 15) is 9.59 Å². The van der Waals surface area contributed by atoms with Gasteiger partial charge in [0.25, 0.3) is 0 Å². The van der Waals surface area contributed by atoms with Gasteiger partial charge in [0.15, 0.2) is 12.2 Å². The zero-order valence-electron chi connectivity index (χ0n) is 6.43. The molecule has 6 N–H and O–H groups in total. The summed E-state index contributed by atoms with van der Waals surface area (Å²) in [4.78, 5) is 20.3. The predicted octanol–water partition coefficient (Wildman–Crippen LogP) is -3.87. The molecule has 13 heavy (non-hydrogen) atoms. The van der Waals surface area contributed by atoms with Gasteiger partial charge in [-0.15, -0.1) is 0 Å². The summed E-state index contributed by atoms with van der Waals surface area (Å²) in [6, 6.07) is 0. The van der Waals surface area contributed by atoms with Crippen LogP contribution in [0, 0.1) is 0 Å². The molecule has 0 spiro atoms. The van der Waals surface area contributed by atoms with E-state index in [1.807, 2.05) is 0 Å². The van der Waals surface area contributed by atoms with Crippen LogP contribution in [0.5, 0.6) is 0 Å². The Balaban J connectivity index is -0.000000500. The number of aliphatic hydroxyl groups excluding tert-OH is 2. The summed E-state index contributed by atoms with van der Waals surface area (Å²) in [5.74, 6) is -2.86. The molecule has 7 nitrogen and oxygen atoms in total. The molecule has 0 saturated heterocycles. The van der Waals surface area contributed by atoms with Gasteiger partial charge in [-0.25, -0.2) is 4.79 Å². The Morgan fingerprint density at radius 3 is 1.85 bits per heavy atom. The second kappa shape index (κ2) is 8.94. The second-order valence-electron chi connectivity index (χ2n) is 1.75. The van der Waals surface area contributed by atoms with E-state index < -0.39 is 24.1 Å². The molecule has 74 valence electrons. The number of hydrogen-bond acceptors (Lipinski definition) is 6. The molecule has 0 heterocycles. The van der Waals surface area contributed by atoms with Crippen molar-refractivity contribution in [3.63, 3.8) is 0 Å². The normalized spacial score (nSPS) is 12.8. The van der Waals surface area contributed by atoms with Crippen molar-refractivity contribution in [2.45, 2.75) is 12.2 Å². The molecule has 0 aliphatic rings. The fourth-order valence-corrected chi connectivity index (χ4v) is 0.385. The number of aliphatic hydroxyl groups is 2. The Hall–Kier alpha value is 0.365. The van der Waals surface area contributed by atoms with Crippen LogP contribution in [0.4, 0.5) is 0 Å². The number of carbonyl (C=O) groups excluding carboxylic acids is 1. The van der Waals surface area contributed by atoms with Crippen molar-refractivity contribution in [1.82, 2.24) is 6.15 Å². The van der Waals surface area contributed by atoms with Gasteiger partial charge in [-0.05, 0) is 0 Å². The monoisotopic (exact) mass is 269 g/mol. The number of carboxylic acids is 1. The van der Waals surface area contributed by atoms with Crippen LogP contribution in [0.15, 0.2) is 0 Å². The topological polar surface area (TPSA) is 139 Å². The molecule has 9 heteroatoms. The quantitative estimate of drug-likeness (QED) is 0.384. The van der Waals surface area contributed by atoms with E-state index in [4.69, 9.17) is 15.3 Å². The van der Waals surface area contributed by atoms with E-state index in [0.717, 1.165) is 8.05 Å². The van der Waals surface area contributed by atoms with Crippen molar-refractivity contribution in [2.24, 2.45) is 0 Å². The summed E-state index contributed by atoms with van der Waals surface area (Å²) < 4.78 is 3.97. The number of hydrogen-bond donors (Lipinski definition) is 4. The Kier molecular flexibility index (Phi) is 13.1. The van der Waals surface area contributed by atoms with E-state index in [1.165, 1.54) is 0 Å². The SMILES string of the molecule is BOC(=O)C(O)C(O)C(=O)O.N.[SrH2]. The molecule has 2 atom stereocenters. The first-order valence-electron chi connectivity index (χ1n) is 2.67. The molecular formula is C4H12BNO6Sr. The summed E-state index contributed by atoms with van der Waals surface area (Å²) in [6.07, 6.45) is -4.17. The predicted molar refractivity (Wildman–Crippen MR) is 47.9 cm³/mol. The Morgan fingerprint density at radius 2 is 1.62 bits per heavy atom. The molecular weight excluding hydrogens is 256 g/mol. The molecule has 0 rings (SSSR count). The summed E-state index contributed by atoms with van der Waals surface area (Å²) in [5, 5.41) is 25.3. The first-order valence-corrected chi connectivity index (χ1v) is 2.67. The van der Waals surface area contributed by atoms with Crippen LogP contribution in [0.1, 0.15) is 0 Å². The minimum atomic E-state index is -2.14. The molecule has 0 radical (unpaired) electrons. The van der Waals surface area contributed by atoms with Gasteiger partial charge in [0.1, 0.15) is 0 Å². The van der Waals surface area contributed by atoms with Crippen LogP contribution in [0.2, 0.25) is 0 Å². The van der Waals surface area contributed by atoms with Crippen LogP contribution in [0.25, 0.3) is 0 Å². The maximum atomic E-state index is 10.4. The van der Waals surface area contributed by atoms with E-state index in [2.05, 4.69) is 4.65 Å². The molecule has 2 unspecified atom stereocenters. The average molecular weight is 269 g/mol. The van der Waals surface area contributed by atoms with Gasteiger partial charge in [0.05, 0.1) is 0 Å². The number of rotatable bonds is 3. The number of carbonyl (C=O) groups is 2. The number of aliphatic carboxylic acids is 1. The van der Waals surface area contributed by atoms with E-state index in [-0.39, 0.29) is 51.6 Å². The summed E-state index contributed by atoms with van der Waals surface area (Å²) in [7, 11) is 0.972. The van der Waals surface area contributed by atoms with Crippen LogP contribution < -0.4 is 6.15 Å². The zero-order chi connectivity index (χ0) is 9.02. The maximum absolute atomic E-state index is 10.4. The average Bonchev–Trinajstić information content (AvgIpc) is 2.00. The summed E-state index contributed by atoms with van der Waals surface area (Å²) in [6.45, 7) is 0. The number of carboxylic acid groups (broad SMARTS) is 1. The first-order chi connectivity index (χ1) is 5.00. The van der Waals surface area contributed by atoms with Crippen LogP contribution >= 0.6 is 0 Å². The third-order valence-corrected chi connectivity index (χ3v) is 0.995. The Labute approximate surface area is 112 Å². The van der Waals surface area contributed by atoms with Crippen LogP contribution in [-0.2, 0) is 14.2 Å². The van der Waals surface area contributed by atoms with Gasteiger partial charge in [0, 0.05) is 0 Å². The van der Waals surface area contributed by atoms with Crippen LogP contribution in [0.3, 0.4) is 0 Å². The molecule has 0 fully saturated rings. The second-order valence-corrected chi connectivity index (χ2v) is 1.75. The minimum absolute atomic E-state index is 0. The van der Waals surface area contributed by atoms with Crippen molar-refractivity contribution in [3.05, 3.63) is 0 Å². The Bertz CT molecular complexity index is 178. The van der Waals surface area contributed by atoms with Gasteiger partial charge in [0.2, 0.25) is 0 Å². The molecule has 0 bridgehead atoms. The Morgan fingerprint density at radius 1 is 1.23 bits per heavy atom. The summed E-state index contributed by atoms with van der Waals surface area (Å²) >= 11 is 0. The third-order valence-electron chi connectivity index (χ3n) is 0.995. The molecule has 0 amide bonds. The van der Waals surface area contributed by atoms with Gasteiger partial charge in [-0.3, -0.25) is 4.79 Å². The van der Waals surface area contributed by atoms with Crippen molar-refractivity contribution >= 4 is 65.5 Å². The van der Waals surface area contributed by atoms with Gasteiger partial charge in [-0.2, -0.15) is 0 Å². The molecule has 0 saturated carbocycles. The molecule has 0 aromatic heterocycles. The van der Waals surface area contributed by atoms with Crippen LogP contribution in [-0.4, -0.2) is 93.0 Å². The van der Waals surface area contributed by atoms with E-state index >= 15 is 0 Å².